The zero-order valence-corrected chi connectivity index (χ0v) is 10.3. The fourth-order valence-electron chi connectivity index (χ4n) is 1.42. The summed E-state index contributed by atoms with van der Waals surface area (Å²) in [5, 5.41) is 2.61. The van der Waals surface area contributed by atoms with E-state index in [1.807, 2.05) is 0 Å². The van der Waals surface area contributed by atoms with Gasteiger partial charge in [0.05, 0.1) is 12.6 Å². The van der Waals surface area contributed by atoms with Gasteiger partial charge in [0.1, 0.15) is 6.73 Å². The van der Waals surface area contributed by atoms with Crippen molar-refractivity contribution >= 4 is 5.91 Å². The molecule has 90 valence electrons. The number of carbonyl (C=O) groups is 1. The normalized spacial score (nSPS) is 13.7. The van der Waals surface area contributed by atoms with Crippen LogP contribution in [0.15, 0.2) is 0 Å². The third kappa shape index (κ3) is 5.14. The summed E-state index contributed by atoms with van der Waals surface area (Å²) in [6, 6.07) is 0. The standard InChI is InChI=1S/C11H24N2O2/c1-5-9(11(3,4)6-2)15-8-13-10(14)7-12/h9H,5-8,12H2,1-4H3,(H,13,14)/t9-/m0/s1. The fourth-order valence-corrected chi connectivity index (χ4v) is 1.42. The van der Waals surface area contributed by atoms with Crippen molar-refractivity contribution < 1.29 is 9.53 Å². The van der Waals surface area contributed by atoms with Gasteiger partial charge in [-0.1, -0.05) is 27.7 Å². The molecule has 0 fully saturated rings. The molecule has 0 aromatic heterocycles. The number of ether oxygens (including phenoxy) is 1. The average Bonchev–Trinajstić information content (AvgIpc) is 2.23. The summed E-state index contributed by atoms with van der Waals surface area (Å²) in [6.07, 6.45) is 2.16. The minimum Gasteiger partial charge on any atom is -0.357 e. The van der Waals surface area contributed by atoms with E-state index in [0.717, 1.165) is 12.8 Å². The number of amides is 1. The molecule has 0 heterocycles. The lowest BCUT2D eigenvalue weighted by Gasteiger charge is -2.32. The van der Waals surface area contributed by atoms with Gasteiger partial charge in [-0.2, -0.15) is 0 Å². The molecule has 4 nitrogen and oxygen atoms in total. The van der Waals surface area contributed by atoms with Crippen LogP contribution in [0.4, 0.5) is 0 Å². The highest BCUT2D eigenvalue weighted by Gasteiger charge is 2.26. The molecule has 0 aliphatic rings. The van der Waals surface area contributed by atoms with Gasteiger partial charge >= 0.3 is 0 Å². The SMILES string of the molecule is CC[C@H](OCNC(=O)CN)C(C)(C)CC. The van der Waals surface area contributed by atoms with E-state index in [9.17, 15) is 4.79 Å². The monoisotopic (exact) mass is 216 g/mol. The lowest BCUT2D eigenvalue weighted by atomic mass is 9.82. The first kappa shape index (κ1) is 14.4. The van der Waals surface area contributed by atoms with E-state index in [4.69, 9.17) is 10.5 Å². The highest BCUT2D eigenvalue weighted by atomic mass is 16.5. The maximum absolute atomic E-state index is 10.9. The maximum atomic E-state index is 10.9. The van der Waals surface area contributed by atoms with Gasteiger partial charge in [0.25, 0.3) is 0 Å². The van der Waals surface area contributed by atoms with Crippen LogP contribution in [0, 0.1) is 5.41 Å². The Morgan fingerprint density at radius 3 is 2.47 bits per heavy atom. The molecule has 1 atom stereocenters. The van der Waals surface area contributed by atoms with Crippen LogP contribution >= 0.6 is 0 Å². The number of nitrogens with one attached hydrogen (secondary N) is 1. The number of nitrogens with two attached hydrogens (primary N) is 1. The zero-order chi connectivity index (χ0) is 11.9. The van der Waals surface area contributed by atoms with Gasteiger partial charge in [0.15, 0.2) is 0 Å². The Balaban J connectivity index is 3.96. The molecule has 1 amide bonds. The topological polar surface area (TPSA) is 64.3 Å². The molecule has 0 radical (unpaired) electrons. The molecule has 0 saturated heterocycles. The fraction of sp³-hybridized carbons (Fsp3) is 0.909. The van der Waals surface area contributed by atoms with E-state index in [0.29, 0.717) is 0 Å². The van der Waals surface area contributed by atoms with Crippen molar-refractivity contribution in [3.8, 4) is 0 Å². The lowest BCUT2D eigenvalue weighted by Crippen LogP contribution is -2.37. The summed E-state index contributed by atoms with van der Waals surface area (Å²) in [7, 11) is 0. The summed E-state index contributed by atoms with van der Waals surface area (Å²) in [5.41, 5.74) is 5.31. The minimum atomic E-state index is -0.181. The molecular formula is C11H24N2O2. The Labute approximate surface area is 92.6 Å². The Bertz CT molecular complexity index is 193. The summed E-state index contributed by atoms with van der Waals surface area (Å²) in [5.74, 6) is -0.181. The average molecular weight is 216 g/mol. The van der Waals surface area contributed by atoms with Gasteiger partial charge < -0.3 is 15.8 Å². The Kier molecular flexibility index (Phi) is 6.52. The van der Waals surface area contributed by atoms with Crippen molar-refractivity contribution in [2.45, 2.75) is 46.6 Å². The molecule has 3 N–H and O–H groups in total. The van der Waals surface area contributed by atoms with E-state index in [1.165, 1.54) is 0 Å². The molecule has 0 saturated carbocycles. The summed E-state index contributed by atoms with van der Waals surface area (Å²) < 4.78 is 5.63. The first-order valence-corrected chi connectivity index (χ1v) is 5.56. The van der Waals surface area contributed by atoms with E-state index < -0.39 is 0 Å². The van der Waals surface area contributed by atoms with Crippen LogP contribution in [0.5, 0.6) is 0 Å². The third-order valence-corrected chi connectivity index (χ3v) is 2.89. The Morgan fingerprint density at radius 2 is 2.07 bits per heavy atom. The van der Waals surface area contributed by atoms with Gasteiger partial charge in [-0.25, -0.2) is 0 Å². The van der Waals surface area contributed by atoms with Crippen LogP contribution < -0.4 is 11.1 Å². The summed E-state index contributed by atoms with van der Waals surface area (Å²) >= 11 is 0. The molecule has 0 bridgehead atoms. The molecule has 0 unspecified atom stereocenters. The third-order valence-electron chi connectivity index (χ3n) is 2.89. The van der Waals surface area contributed by atoms with Crippen LogP contribution in [-0.4, -0.2) is 25.3 Å². The molecule has 0 aromatic rings. The van der Waals surface area contributed by atoms with Gasteiger partial charge in [0.2, 0.25) is 5.91 Å². The van der Waals surface area contributed by atoms with Gasteiger partial charge in [-0.15, -0.1) is 0 Å². The first-order valence-electron chi connectivity index (χ1n) is 5.56. The molecular weight excluding hydrogens is 192 g/mol. The van der Waals surface area contributed by atoms with Crippen LogP contribution in [0.2, 0.25) is 0 Å². The van der Waals surface area contributed by atoms with Crippen LogP contribution in [0.3, 0.4) is 0 Å². The van der Waals surface area contributed by atoms with Gasteiger partial charge in [-0.05, 0) is 18.3 Å². The number of carbonyl (C=O) groups excluding carboxylic acids is 1. The van der Waals surface area contributed by atoms with Crippen LogP contribution in [-0.2, 0) is 9.53 Å². The highest BCUT2D eigenvalue weighted by molar-refractivity contribution is 5.77. The molecule has 0 aliphatic carbocycles. The molecule has 4 heteroatoms. The second-order valence-electron chi connectivity index (χ2n) is 4.35. The van der Waals surface area contributed by atoms with Crippen LogP contribution in [0.25, 0.3) is 0 Å². The van der Waals surface area contributed by atoms with Crippen molar-refractivity contribution in [2.24, 2.45) is 11.1 Å². The molecule has 15 heavy (non-hydrogen) atoms. The zero-order valence-electron chi connectivity index (χ0n) is 10.3. The number of hydrogen-bond donors (Lipinski definition) is 2. The largest absolute Gasteiger partial charge is 0.357 e. The van der Waals surface area contributed by atoms with Gasteiger partial charge in [-0.3, -0.25) is 4.79 Å². The number of rotatable bonds is 7. The van der Waals surface area contributed by atoms with Crippen LogP contribution in [0.1, 0.15) is 40.5 Å². The Hall–Kier alpha value is -0.610. The second kappa shape index (κ2) is 6.80. The predicted octanol–water partition coefficient (Wildman–Crippen LogP) is 1.25. The van der Waals surface area contributed by atoms with Crippen molar-refractivity contribution in [3.05, 3.63) is 0 Å². The maximum Gasteiger partial charge on any atom is 0.235 e. The number of hydrogen-bond acceptors (Lipinski definition) is 3. The summed E-state index contributed by atoms with van der Waals surface area (Å²) in [4.78, 5) is 10.9. The minimum absolute atomic E-state index is 0.0112. The molecule has 0 spiro atoms. The second-order valence-corrected chi connectivity index (χ2v) is 4.35. The van der Waals surface area contributed by atoms with Crippen molar-refractivity contribution in [1.29, 1.82) is 0 Å². The highest BCUT2D eigenvalue weighted by Crippen LogP contribution is 2.28. The lowest BCUT2D eigenvalue weighted by molar-refractivity contribution is -0.123. The first-order chi connectivity index (χ1) is 6.97. The van der Waals surface area contributed by atoms with Crippen molar-refractivity contribution in [2.75, 3.05) is 13.3 Å². The van der Waals surface area contributed by atoms with E-state index in [2.05, 4.69) is 33.0 Å². The summed E-state index contributed by atoms with van der Waals surface area (Å²) in [6.45, 7) is 8.84. The Morgan fingerprint density at radius 1 is 1.47 bits per heavy atom. The van der Waals surface area contributed by atoms with E-state index >= 15 is 0 Å². The quantitative estimate of drug-likeness (QED) is 0.629. The predicted molar refractivity (Wildman–Crippen MR) is 61.3 cm³/mol. The smallest absolute Gasteiger partial charge is 0.235 e. The van der Waals surface area contributed by atoms with E-state index in [1.54, 1.807) is 0 Å². The molecule has 0 aromatic carbocycles. The van der Waals surface area contributed by atoms with Gasteiger partial charge in [0, 0.05) is 0 Å². The van der Waals surface area contributed by atoms with Crippen molar-refractivity contribution in [3.63, 3.8) is 0 Å². The van der Waals surface area contributed by atoms with E-state index in [-0.39, 0.29) is 30.7 Å². The molecule has 0 aliphatic heterocycles. The molecule has 0 rings (SSSR count). The van der Waals surface area contributed by atoms with Crippen molar-refractivity contribution in [1.82, 2.24) is 5.32 Å².